The summed E-state index contributed by atoms with van der Waals surface area (Å²) in [6.07, 6.45) is -0.561. The second-order valence-electron chi connectivity index (χ2n) is 4.41. The number of nitriles is 1. The first-order valence-electron chi connectivity index (χ1n) is 6.19. The fourth-order valence-corrected chi connectivity index (χ4v) is 1.56. The number of anilines is 1. The van der Waals surface area contributed by atoms with E-state index >= 15 is 0 Å². The predicted octanol–water partition coefficient (Wildman–Crippen LogP) is 1.76. The first kappa shape index (κ1) is 15.3. The van der Waals surface area contributed by atoms with Gasteiger partial charge in [0.05, 0.1) is 37.2 Å². The van der Waals surface area contributed by atoms with Crippen LogP contribution < -0.4 is 10.1 Å². The fourth-order valence-electron chi connectivity index (χ4n) is 1.56. The molecule has 1 unspecified atom stereocenters. The highest BCUT2D eigenvalue weighted by molar-refractivity contribution is 5.66. The quantitative estimate of drug-likeness (QED) is 0.785. The number of hydrogen-bond acceptors (Lipinski definition) is 5. The third kappa shape index (κ3) is 4.78. The van der Waals surface area contributed by atoms with Gasteiger partial charge in [0.15, 0.2) is 0 Å². The second kappa shape index (κ2) is 7.62. The Morgan fingerprint density at radius 2 is 2.16 bits per heavy atom. The zero-order chi connectivity index (χ0) is 14.3. The van der Waals surface area contributed by atoms with Gasteiger partial charge in [-0.15, -0.1) is 0 Å². The van der Waals surface area contributed by atoms with Crippen LogP contribution in [-0.4, -0.2) is 37.6 Å². The molecule has 0 radical (unpaired) electrons. The molecule has 0 heterocycles. The van der Waals surface area contributed by atoms with Gasteiger partial charge in [0.25, 0.3) is 0 Å². The highest BCUT2D eigenvalue weighted by Crippen LogP contribution is 2.27. The molecule has 1 rings (SSSR count). The summed E-state index contributed by atoms with van der Waals surface area (Å²) in [4.78, 5) is 0. The van der Waals surface area contributed by atoms with E-state index in [0.29, 0.717) is 23.5 Å². The molecule has 0 saturated carbocycles. The van der Waals surface area contributed by atoms with E-state index in [-0.39, 0.29) is 12.7 Å². The Balaban J connectivity index is 2.64. The van der Waals surface area contributed by atoms with Crippen LogP contribution in [0.1, 0.15) is 19.4 Å². The van der Waals surface area contributed by atoms with Crippen molar-refractivity contribution in [3.63, 3.8) is 0 Å². The number of aliphatic hydroxyl groups is 1. The molecule has 5 nitrogen and oxygen atoms in total. The molecule has 0 saturated heterocycles. The maximum atomic E-state index is 9.78. The van der Waals surface area contributed by atoms with Crippen LogP contribution in [0.3, 0.4) is 0 Å². The van der Waals surface area contributed by atoms with E-state index < -0.39 is 6.10 Å². The van der Waals surface area contributed by atoms with Gasteiger partial charge in [-0.2, -0.15) is 5.26 Å². The Morgan fingerprint density at radius 1 is 1.42 bits per heavy atom. The number of aliphatic hydroxyl groups excluding tert-OH is 1. The molecule has 2 N–H and O–H groups in total. The zero-order valence-electron chi connectivity index (χ0n) is 11.5. The molecule has 1 aromatic carbocycles. The van der Waals surface area contributed by atoms with Crippen LogP contribution in [0.4, 0.5) is 5.69 Å². The normalized spacial score (nSPS) is 12.0. The molecular formula is C14H20N2O3. The van der Waals surface area contributed by atoms with Gasteiger partial charge in [-0.1, -0.05) is 6.07 Å². The SMILES string of the molecule is COc1cccc(C#N)c1NCC(O)COC(C)C. The second-order valence-corrected chi connectivity index (χ2v) is 4.41. The third-order valence-electron chi connectivity index (χ3n) is 2.50. The summed E-state index contributed by atoms with van der Waals surface area (Å²) in [6, 6.07) is 7.30. The Hall–Kier alpha value is -1.77. The monoisotopic (exact) mass is 264 g/mol. The van der Waals surface area contributed by atoms with Crippen molar-refractivity contribution < 1.29 is 14.6 Å². The fraction of sp³-hybridized carbons (Fsp3) is 0.500. The largest absolute Gasteiger partial charge is 0.495 e. The van der Waals surface area contributed by atoms with Crippen molar-refractivity contribution in [2.24, 2.45) is 0 Å². The van der Waals surface area contributed by atoms with E-state index in [1.807, 2.05) is 13.8 Å². The van der Waals surface area contributed by atoms with Crippen molar-refractivity contribution in [3.8, 4) is 11.8 Å². The summed E-state index contributed by atoms with van der Waals surface area (Å²) in [5, 5.41) is 21.9. The van der Waals surface area contributed by atoms with Crippen LogP contribution in [0.25, 0.3) is 0 Å². The number of nitrogens with one attached hydrogen (secondary N) is 1. The maximum Gasteiger partial charge on any atom is 0.143 e. The van der Waals surface area contributed by atoms with Gasteiger partial charge in [-0.25, -0.2) is 0 Å². The van der Waals surface area contributed by atoms with Crippen molar-refractivity contribution in [2.75, 3.05) is 25.6 Å². The van der Waals surface area contributed by atoms with Gasteiger partial charge in [0.1, 0.15) is 11.8 Å². The minimum Gasteiger partial charge on any atom is -0.495 e. The number of methoxy groups -OCH3 is 1. The standard InChI is InChI=1S/C14H20N2O3/c1-10(2)19-9-12(17)8-16-14-11(7-15)5-4-6-13(14)18-3/h4-6,10,12,16-17H,8-9H2,1-3H3. The predicted molar refractivity (Wildman–Crippen MR) is 73.3 cm³/mol. The Kier molecular flexibility index (Phi) is 6.13. The van der Waals surface area contributed by atoms with Crippen molar-refractivity contribution in [3.05, 3.63) is 23.8 Å². The Labute approximate surface area is 113 Å². The summed E-state index contributed by atoms with van der Waals surface area (Å²) in [5.74, 6) is 0.580. The smallest absolute Gasteiger partial charge is 0.143 e. The van der Waals surface area contributed by atoms with Gasteiger partial charge >= 0.3 is 0 Å². The number of nitrogens with zero attached hydrogens (tertiary/aromatic N) is 1. The van der Waals surface area contributed by atoms with Crippen LogP contribution in [0.5, 0.6) is 5.75 Å². The molecule has 0 aliphatic rings. The zero-order valence-corrected chi connectivity index (χ0v) is 11.5. The minimum absolute atomic E-state index is 0.0792. The van der Waals surface area contributed by atoms with Gasteiger partial charge < -0.3 is 19.9 Å². The van der Waals surface area contributed by atoms with Crippen LogP contribution >= 0.6 is 0 Å². The molecule has 1 atom stereocenters. The topological polar surface area (TPSA) is 74.5 Å². The molecule has 1 aromatic rings. The molecule has 0 spiro atoms. The Bertz CT molecular complexity index is 441. The van der Waals surface area contributed by atoms with Crippen LogP contribution in [0.2, 0.25) is 0 Å². The molecule has 0 aliphatic heterocycles. The van der Waals surface area contributed by atoms with Crippen LogP contribution in [0, 0.1) is 11.3 Å². The first-order chi connectivity index (χ1) is 9.08. The van der Waals surface area contributed by atoms with E-state index in [9.17, 15) is 5.11 Å². The lowest BCUT2D eigenvalue weighted by Crippen LogP contribution is -2.26. The van der Waals surface area contributed by atoms with E-state index in [1.165, 1.54) is 0 Å². The summed E-state index contributed by atoms with van der Waals surface area (Å²) >= 11 is 0. The molecule has 0 bridgehead atoms. The first-order valence-corrected chi connectivity index (χ1v) is 6.19. The van der Waals surface area contributed by atoms with Crippen LogP contribution in [-0.2, 0) is 4.74 Å². The van der Waals surface area contributed by atoms with Crippen molar-refractivity contribution >= 4 is 5.69 Å². The Morgan fingerprint density at radius 3 is 2.74 bits per heavy atom. The lowest BCUT2D eigenvalue weighted by Gasteiger charge is -2.17. The van der Waals surface area contributed by atoms with Crippen molar-refractivity contribution in [1.29, 1.82) is 5.26 Å². The van der Waals surface area contributed by atoms with Gasteiger partial charge in [-0.3, -0.25) is 0 Å². The van der Waals surface area contributed by atoms with Gasteiger partial charge in [-0.05, 0) is 26.0 Å². The third-order valence-corrected chi connectivity index (χ3v) is 2.50. The molecular weight excluding hydrogens is 244 g/mol. The molecule has 104 valence electrons. The summed E-state index contributed by atoms with van der Waals surface area (Å²) in [6.45, 7) is 4.37. The summed E-state index contributed by atoms with van der Waals surface area (Å²) in [5.41, 5.74) is 1.08. The molecule has 5 heteroatoms. The van der Waals surface area contributed by atoms with Gasteiger partial charge in [0.2, 0.25) is 0 Å². The van der Waals surface area contributed by atoms with Crippen molar-refractivity contribution in [1.82, 2.24) is 0 Å². The molecule has 0 amide bonds. The number of para-hydroxylation sites is 1. The molecule has 0 fully saturated rings. The number of ether oxygens (including phenoxy) is 2. The lowest BCUT2D eigenvalue weighted by molar-refractivity contribution is 0.0112. The average molecular weight is 264 g/mol. The maximum absolute atomic E-state index is 9.78. The summed E-state index contributed by atoms with van der Waals surface area (Å²) in [7, 11) is 1.54. The number of benzene rings is 1. The number of rotatable bonds is 7. The van der Waals surface area contributed by atoms with E-state index in [0.717, 1.165) is 0 Å². The molecule has 0 aromatic heterocycles. The number of hydrogen-bond donors (Lipinski definition) is 2. The van der Waals surface area contributed by atoms with Gasteiger partial charge in [0, 0.05) is 6.54 Å². The highest BCUT2D eigenvalue weighted by Gasteiger charge is 2.11. The molecule has 19 heavy (non-hydrogen) atoms. The highest BCUT2D eigenvalue weighted by atomic mass is 16.5. The lowest BCUT2D eigenvalue weighted by atomic mass is 10.1. The van der Waals surface area contributed by atoms with E-state index in [1.54, 1.807) is 25.3 Å². The van der Waals surface area contributed by atoms with E-state index in [4.69, 9.17) is 14.7 Å². The average Bonchev–Trinajstić information content (AvgIpc) is 2.42. The van der Waals surface area contributed by atoms with Crippen molar-refractivity contribution in [2.45, 2.75) is 26.1 Å². The van der Waals surface area contributed by atoms with Crippen LogP contribution in [0.15, 0.2) is 18.2 Å². The molecule has 0 aliphatic carbocycles. The van der Waals surface area contributed by atoms with E-state index in [2.05, 4.69) is 11.4 Å². The minimum atomic E-state index is -0.640. The summed E-state index contributed by atoms with van der Waals surface area (Å²) < 4.78 is 10.5.